The maximum absolute atomic E-state index is 13.1. The van der Waals surface area contributed by atoms with Crippen LogP contribution in [-0.2, 0) is 10.0 Å². The van der Waals surface area contributed by atoms with Crippen LogP contribution in [0.4, 0.5) is 0 Å². The second-order valence-corrected chi connectivity index (χ2v) is 9.83. The minimum Gasteiger partial charge on any atom is -0.495 e. The normalized spacial score (nSPS) is 15.5. The molecule has 2 heterocycles. The summed E-state index contributed by atoms with van der Waals surface area (Å²) < 4.78 is 44.5. The second kappa shape index (κ2) is 9.44. The van der Waals surface area contributed by atoms with Crippen molar-refractivity contribution in [2.75, 3.05) is 26.8 Å². The summed E-state index contributed by atoms with van der Waals surface area (Å²) >= 11 is 0. The molecular weight excluding hydrogens is 444 g/mol. The minimum atomic E-state index is -3.75. The Morgan fingerprint density at radius 3 is 2.61 bits per heavy atom. The van der Waals surface area contributed by atoms with Gasteiger partial charge in [0, 0.05) is 24.0 Å². The smallest absolute Gasteiger partial charge is 0.251 e. The Bertz CT molecular complexity index is 1260. The first-order chi connectivity index (χ1) is 15.8. The lowest BCUT2D eigenvalue weighted by atomic mass is 10.1. The van der Waals surface area contributed by atoms with Gasteiger partial charge in [0.2, 0.25) is 10.0 Å². The average Bonchev–Trinajstić information content (AvgIpc) is 3.50. The number of carbonyl (C=O) groups excluding carboxylic acids is 1. The van der Waals surface area contributed by atoms with Crippen molar-refractivity contribution in [1.29, 1.82) is 0 Å². The van der Waals surface area contributed by atoms with Crippen LogP contribution in [0.3, 0.4) is 0 Å². The summed E-state index contributed by atoms with van der Waals surface area (Å²) in [7, 11) is -2.33. The highest BCUT2D eigenvalue weighted by Gasteiger charge is 2.31. The van der Waals surface area contributed by atoms with Gasteiger partial charge in [0.1, 0.15) is 16.4 Å². The van der Waals surface area contributed by atoms with Gasteiger partial charge in [0.05, 0.1) is 19.8 Å². The van der Waals surface area contributed by atoms with E-state index < -0.39 is 22.0 Å². The molecule has 0 radical (unpaired) electrons. The summed E-state index contributed by atoms with van der Waals surface area (Å²) in [6.07, 6.45) is 1.64. The highest BCUT2D eigenvalue weighted by Crippen LogP contribution is 2.32. The van der Waals surface area contributed by atoms with Crippen molar-refractivity contribution in [3.05, 3.63) is 53.8 Å². The van der Waals surface area contributed by atoms with Gasteiger partial charge in [0.15, 0.2) is 11.3 Å². The van der Waals surface area contributed by atoms with Gasteiger partial charge in [-0.3, -0.25) is 4.79 Å². The lowest BCUT2D eigenvalue weighted by Gasteiger charge is -2.18. The fraction of sp³-hybridized carbons (Fsp3) is 0.375. The third kappa shape index (κ3) is 4.56. The molecule has 1 amide bonds. The molecule has 1 saturated heterocycles. The Labute approximate surface area is 193 Å². The molecule has 1 fully saturated rings. The predicted molar refractivity (Wildman–Crippen MR) is 124 cm³/mol. The predicted octanol–water partition coefficient (Wildman–Crippen LogP) is 4.12. The Balaban J connectivity index is 1.58. The number of ether oxygens (including phenoxy) is 2. The lowest BCUT2D eigenvalue weighted by molar-refractivity contribution is 0.0935. The first-order valence-electron chi connectivity index (χ1n) is 11.0. The molecule has 8 nitrogen and oxygen atoms in total. The number of amides is 1. The molecule has 1 aliphatic rings. The summed E-state index contributed by atoms with van der Waals surface area (Å²) in [5, 5.41) is 3.76. The third-order valence-electron chi connectivity index (χ3n) is 5.71. The Morgan fingerprint density at radius 2 is 1.91 bits per heavy atom. The number of methoxy groups -OCH3 is 1. The number of nitrogens with zero attached hydrogens (tertiary/aromatic N) is 1. The monoisotopic (exact) mass is 472 g/mol. The zero-order chi connectivity index (χ0) is 23.6. The van der Waals surface area contributed by atoms with Gasteiger partial charge in [0.25, 0.3) is 5.91 Å². The van der Waals surface area contributed by atoms with Gasteiger partial charge in [-0.2, -0.15) is 4.31 Å². The molecule has 0 spiro atoms. The molecule has 1 aliphatic heterocycles. The third-order valence-corrected chi connectivity index (χ3v) is 7.63. The van der Waals surface area contributed by atoms with Gasteiger partial charge < -0.3 is 19.2 Å². The van der Waals surface area contributed by atoms with Crippen LogP contribution in [0.1, 0.15) is 48.8 Å². The second-order valence-electron chi connectivity index (χ2n) is 7.93. The van der Waals surface area contributed by atoms with Crippen molar-refractivity contribution in [1.82, 2.24) is 9.62 Å². The van der Waals surface area contributed by atoms with Crippen molar-refractivity contribution < 1.29 is 27.1 Å². The highest BCUT2D eigenvalue weighted by molar-refractivity contribution is 7.89. The van der Waals surface area contributed by atoms with Gasteiger partial charge in [-0.05, 0) is 57.0 Å². The van der Waals surface area contributed by atoms with Crippen molar-refractivity contribution in [3.8, 4) is 11.5 Å². The molecule has 3 aromatic rings. The number of para-hydroxylation sites is 1. The highest BCUT2D eigenvalue weighted by atomic mass is 32.2. The molecule has 1 aromatic heterocycles. The van der Waals surface area contributed by atoms with Crippen LogP contribution in [0.2, 0.25) is 0 Å². The van der Waals surface area contributed by atoms with Crippen LogP contribution in [0.25, 0.3) is 11.0 Å². The van der Waals surface area contributed by atoms with E-state index in [2.05, 4.69) is 5.32 Å². The standard InChI is InChI=1S/C24H28N2O6S/c1-4-31-20-9-7-8-17-14-21(32-23(17)20)16(2)25-24(27)18-10-11-19(30-3)22(15-18)33(28,29)26-12-5-6-13-26/h7-11,14-16H,4-6,12-13H2,1-3H3,(H,25,27). The number of rotatable bonds is 8. The molecule has 33 heavy (non-hydrogen) atoms. The largest absolute Gasteiger partial charge is 0.495 e. The number of fused-ring (bicyclic) bond motifs is 1. The fourth-order valence-electron chi connectivity index (χ4n) is 3.98. The van der Waals surface area contributed by atoms with Gasteiger partial charge in [-0.15, -0.1) is 0 Å². The van der Waals surface area contributed by atoms with E-state index in [0.29, 0.717) is 36.8 Å². The molecule has 0 aliphatic carbocycles. The Morgan fingerprint density at radius 1 is 1.15 bits per heavy atom. The fourth-order valence-corrected chi connectivity index (χ4v) is 5.68. The van der Waals surface area contributed by atoms with Crippen LogP contribution in [0.15, 0.2) is 51.8 Å². The first-order valence-corrected chi connectivity index (χ1v) is 12.4. The van der Waals surface area contributed by atoms with E-state index in [0.717, 1.165) is 18.2 Å². The molecular formula is C24H28N2O6S. The molecule has 4 rings (SSSR count). The van der Waals surface area contributed by atoms with Crippen LogP contribution >= 0.6 is 0 Å². The maximum atomic E-state index is 13.1. The number of sulfonamides is 1. The summed E-state index contributed by atoms with van der Waals surface area (Å²) in [5.74, 6) is 1.02. The van der Waals surface area contributed by atoms with E-state index in [1.54, 1.807) is 13.0 Å². The Kier molecular flexibility index (Phi) is 6.62. The maximum Gasteiger partial charge on any atom is 0.251 e. The Hall–Kier alpha value is -3.04. The summed E-state index contributed by atoms with van der Waals surface area (Å²) in [6, 6.07) is 11.5. The SMILES string of the molecule is CCOc1cccc2cc(C(C)NC(=O)c3ccc(OC)c(S(=O)(=O)N4CCCC4)c3)oc12. The van der Waals surface area contributed by atoms with Crippen LogP contribution in [0, 0.1) is 0 Å². The molecule has 176 valence electrons. The summed E-state index contributed by atoms with van der Waals surface area (Å²) in [5.41, 5.74) is 0.852. The molecule has 0 saturated carbocycles. The molecule has 0 bridgehead atoms. The van der Waals surface area contributed by atoms with Crippen LogP contribution in [0.5, 0.6) is 11.5 Å². The molecule has 1 atom stereocenters. The molecule has 1 N–H and O–H groups in total. The van der Waals surface area contributed by atoms with Crippen LogP contribution in [-0.4, -0.2) is 45.4 Å². The van der Waals surface area contributed by atoms with Crippen molar-refractivity contribution in [2.45, 2.75) is 37.6 Å². The average molecular weight is 473 g/mol. The molecule has 2 aromatic carbocycles. The van der Waals surface area contributed by atoms with Gasteiger partial charge in [-0.1, -0.05) is 12.1 Å². The summed E-state index contributed by atoms with van der Waals surface area (Å²) in [6.45, 7) is 5.16. The van der Waals surface area contributed by atoms with E-state index >= 15 is 0 Å². The number of nitrogens with one attached hydrogen (secondary N) is 1. The molecule has 9 heteroatoms. The van der Waals surface area contributed by atoms with Gasteiger partial charge in [-0.25, -0.2) is 8.42 Å². The number of hydrogen-bond donors (Lipinski definition) is 1. The van der Waals surface area contributed by atoms with Crippen LogP contribution < -0.4 is 14.8 Å². The van der Waals surface area contributed by atoms with E-state index in [1.807, 2.05) is 31.2 Å². The quantitative estimate of drug-likeness (QED) is 0.530. The van der Waals surface area contributed by atoms with E-state index in [4.69, 9.17) is 13.9 Å². The number of hydrogen-bond acceptors (Lipinski definition) is 6. The number of carbonyl (C=O) groups is 1. The van der Waals surface area contributed by atoms with E-state index in [1.165, 1.54) is 23.5 Å². The first kappa shape index (κ1) is 23.1. The number of benzene rings is 2. The van der Waals surface area contributed by atoms with Crippen molar-refractivity contribution in [2.24, 2.45) is 0 Å². The van der Waals surface area contributed by atoms with Gasteiger partial charge >= 0.3 is 0 Å². The molecule has 1 unspecified atom stereocenters. The zero-order valence-corrected chi connectivity index (χ0v) is 19.8. The van der Waals surface area contributed by atoms with Crippen molar-refractivity contribution >= 4 is 26.9 Å². The lowest BCUT2D eigenvalue weighted by Crippen LogP contribution is -2.29. The minimum absolute atomic E-state index is 0.00250. The topological polar surface area (TPSA) is 98.1 Å². The zero-order valence-electron chi connectivity index (χ0n) is 19.0. The van der Waals surface area contributed by atoms with Crippen molar-refractivity contribution in [3.63, 3.8) is 0 Å². The number of furan rings is 1. The van der Waals surface area contributed by atoms with E-state index in [9.17, 15) is 13.2 Å². The van der Waals surface area contributed by atoms with E-state index in [-0.39, 0.29) is 16.2 Å². The summed E-state index contributed by atoms with van der Waals surface area (Å²) in [4.78, 5) is 13.0.